The van der Waals surface area contributed by atoms with Crippen molar-refractivity contribution in [1.29, 1.82) is 0 Å². The number of carbonyl (C=O) groups is 1. The van der Waals surface area contributed by atoms with Gasteiger partial charge in [-0.05, 0) is 63.9 Å². The second kappa shape index (κ2) is 9.83. The van der Waals surface area contributed by atoms with Gasteiger partial charge >= 0.3 is 0 Å². The van der Waals surface area contributed by atoms with Crippen molar-refractivity contribution in [3.05, 3.63) is 34.8 Å². The zero-order chi connectivity index (χ0) is 22.7. The third-order valence-electron chi connectivity index (χ3n) is 6.42. The van der Waals surface area contributed by atoms with Crippen molar-refractivity contribution in [3.63, 3.8) is 0 Å². The van der Waals surface area contributed by atoms with E-state index in [-0.39, 0.29) is 31.8 Å². The third-order valence-corrected chi connectivity index (χ3v) is 7.62. The van der Waals surface area contributed by atoms with Crippen LogP contribution in [0, 0.1) is 6.92 Å². The summed E-state index contributed by atoms with van der Waals surface area (Å²) >= 11 is 1.32. The summed E-state index contributed by atoms with van der Waals surface area (Å²) in [6, 6.07) is 8.44. The number of rotatable bonds is 7. The molecule has 2 aromatic rings. The molecule has 3 heterocycles. The normalized spacial score (nSPS) is 21.1. The quantitative estimate of drug-likeness (QED) is 0.527. The van der Waals surface area contributed by atoms with Gasteiger partial charge in [0.15, 0.2) is 0 Å². The molecule has 8 heteroatoms. The van der Waals surface area contributed by atoms with E-state index >= 15 is 0 Å². The van der Waals surface area contributed by atoms with Crippen LogP contribution in [0.2, 0.25) is 0 Å². The number of piperidine rings is 1. The number of amides is 1. The average Bonchev–Trinajstić information content (AvgIpc) is 3.36. The molecular weight excluding hydrogens is 432 g/mol. The molecule has 2 aliphatic rings. The van der Waals surface area contributed by atoms with E-state index in [1.165, 1.54) is 35.6 Å². The zero-order valence-corrected chi connectivity index (χ0v) is 19.6. The number of nitrogens with zero attached hydrogens (tertiary/aromatic N) is 3. The van der Waals surface area contributed by atoms with Crippen molar-refractivity contribution >= 4 is 17.2 Å². The van der Waals surface area contributed by atoms with Crippen LogP contribution in [-0.4, -0.2) is 65.4 Å². The van der Waals surface area contributed by atoms with E-state index in [4.69, 9.17) is 4.74 Å². The molecule has 174 valence electrons. The van der Waals surface area contributed by atoms with E-state index in [0.29, 0.717) is 23.2 Å². The molecule has 0 aliphatic carbocycles. The number of benzene rings is 1. The van der Waals surface area contributed by atoms with Crippen molar-refractivity contribution in [2.45, 2.75) is 57.9 Å². The summed E-state index contributed by atoms with van der Waals surface area (Å²) in [5, 5.41) is 0.753. The van der Waals surface area contributed by atoms with Gasteiger partial charge in [0, 0.05) is 44.1 Å². The first-order valence-electron chi connectivity index (χ1n) is 11.4. The Hall–Kier alpha value is -2.06. The van der Waals surface area contributed by atoms with Crippen LogP contribution in [0.4, 0.5) is 8.78 Å². The van der Waals surface area contributed by atoms with Gasteiger partial charge in [0.05, 0.1) is 12.3 Å². The number of alkyl halides is 2. The Kier molecular flexibility index (Phi) is 7.10. The Labute approximate surface area is 192 Å². The molecule has 1 amide bonds. The molecule has 0 bridgehead atoms. The van der Waals surface area contributed by atoms with Crippen LogP contribution >= 0.6 is 11.3 Å². The van der Waals surface area contributed by atoms with E-state index < -0.39 is 5.92 Å². The summed E-state index contributed by atoms with van der Waals surface area (Å²) in [5.41, 5.74) is 1.56. The summed E-state index contributed by atoms with van der Waals surface area (Å²) < 4.78 is 32.7. The van der Waals surface area contributed by atoms with Crippen molar-refractivity contribution in [3.8, 4) is 16.3 Å². The lowest BCUT2D eigenvalue weighted by Gasteiger charge is -2.31. The topological polar surface area (TPSA) is 45.7 Å². The number of hydrogen-bond acceptors (Lipinski definition) is 5. The minimum absolute atomic E-state index is 0.0845. The maximum Gasteiger partial charge on any atom is 0.265 e. The van der Waals surface area contributed by atoms with Crippen molar-refractivity contribution in [1.82, 2.24) is 14.8 Å². The van der Waals surface area contributed by atoms with E-state index in [1.807, 2.05) is 24.3 Å². The molecule has 4 rings (SSSR count). The van der Waals surface area contributed by atoms with Crippen LogP contribution in [0.5, 0.6) is 5.75 Å². The molecule has 1 atom stereocenters. The largest absolute Gasteiger partial charge is 0.494 e. The molecule has 2 aliphatic heterocycles. The highest BCUT2D eigenvalue weighted by Gasteiger charge is 2.36. The van der Waals surface area contributed by atoms with Crippen LogP contribution < -0.4 is 4.74 Å². The van der Waals surface area contributed by atoms with E-state index in [9.17, 15) is 13.6 Å². The van der Waals surface area contributed by atoms with E-state index in [1.54, 1.807) is 6.92 Å². The molecule has 0 saturated carbocycles. The lowest BCUT2D eigenvalue weighted by molar-refractivity contribution is -0.0493. The minimum atomic E-state index is -2.67. The summed E-state index contributed by atoms with van der Waals surface area (Å²) in [6.45, 7) is 7.21. The Bertz CT molecular complexity index is 922. The zero-order valence-electron chi connectivity index (χ0n) is 18.8. The molecule has 1 aromatic carbocycles. The van der Waals surface area contributed by atoms with Crippen LogP contribution in [0.25, 0.3) is 10.6 Å². The Morgan fingerprint density at radius 2 is 1.94 bits per heavy atom. The smallest absolute Gasteiger partial charge is 0.265 e. The van der Waals surface area contributed by atoms with Gasteiger partial charge < -0.3 is 14.5 Å². The van der Waals surface area contributed by atoms with Crippen LogP contribution in [0.15, 0.2) is 24.3 Å². The number of hydrogen-bond donors (Lipinski definition) is 0. The highest BCUT2D eigenvalue weighted by atomic mass is 32.1. The second-order valence-corrected chi connectivity index (χ2v) is 9.83. The highest BCUT2D eigenvalue weighted by Crippen LogP contribution is 2.32. The number of likely N-dealkylation sites (tertiary alicyclic amines) is 2. The molecule has 2 saturated heterocycles. The molecule has 0 spiro atoms. The average molecular weight is 464 g/mol. The SMILES string of the molecule is Cc1nc(-c2ccc(OCCCN3CCC[C@H]3C)cc2)sc1C(=O)N1CCC(F)(F)CC1. The summed E-state index contributed by atoms with van der Waals surface area (Å²) in [5.74, 6) is -2.04. The van der Waals surface area contributed by atoms with Gasteiger partial charge in [-0.1, -0.05) is 0 Å². The van der Waals surface area contributed by atoms with Crippen LogP contribution in [0.1, 0.15) is 54.4 Å². The lowest BCUT2D eigenvalue weighted by Crippen LogP contribution is -2.42. The number of halogens is 2. The lowest BCUT2D eigenvalue weighted by atomic mass is 10.1. The number of thiazole rings is 1. The molecule has 0 N–H and O–H groups in total. The van der Waals surface area contributed by atoms with Crippen molar-refractivity contribution < 1.29 is 18.3 Å². The van der Waals surface area contributed by atoms with Gasteiger partial charge in [-0.15, -0.1) is 11.3 Å². The predicted octanol–water partition coefficient (Wildman–Crippen LogP) is 5.24. The Balaban J connectivity index is 1.31. The Morgan fingerprint density at radius 1 is 1.22 bits per heavy atom. The number of ether oxygens (including phenoxy) is 1. The van der Waals surface area contributed by atoms with Gasteiger partial charge in [0.25, 0.3) is 11.8 Å². The maximum atomic E-state index is 13.4. The summed E-state index contributed by atoms with van der Waals surface area (Å²) in [4.78, 5) is 21.9. The maximum absolute atomic E-state index is 13.4. The molecule has 0 radical (unpaired) electrons. The van der Waals surface area contributed by atoms with Crippen molar-refractivity contribution in [2.24, 2.45) is 0 Å². The fraction of sp³-hybridized carbons (Fsp3) is 0.583. The first-order chi connectivity index (χ1) is 15.3. The molecule has 0 unspecified atom stereocenters. The highest BCUT2D eigenvalue weighted by molar-refractivity contribution is 7.17. The fourth-order valence-corrected chi connectivity index (χ4v) is 5.41. The first kappa shape index (κ1) is 23.1. The van der Waals surface area contributed by atoms with Gasteiger partial charge in [-0.3, -0.25) is 4.79 Å². The number of aryl methyl sites for hydroxylation is 1. The van der Waals surface area contributed by atoms with E-state index in [2.05, 4.69) is 16.8 Å². The minimum Gasteiger partial charge on any atom is -0.494 e. The van der Waals surface area contributed by atoms with Crippen LogP contribution in [0.3, 0.4) is 0 Å². The summed E-state index contributed by atoms with van der Waals surface area (Å²) in [6.07, 6.45) is 3.04. The molecular formula is C24H31F2N3O2S. The Morgan fingerprint density at radius 3 is 2.59 bits per heavy atom. The molecule has 32 heavy (non-hydrogen) atoms. The molecule has 2 fully saturated rings. The van der Waals surface area contributed by atoms with Gasteiger partial charge in [-0.2, -0.15) is 0 Å². The van der Waals surface area contributed by atoms with Crippen molar-refractivity contribution in [2.75, 3.05) is 32.8 Å². The van der Waals surface area contributed by atoms with Gasteiger partial charge in [0.2, 0.25) is 0 Å². The predicted molar refractivity (Wildman–Crippen MR) is 123 cm³/mol. The molecule has 5 nitrogen and oxygen atoms in total. The summed E-state index contributed by atoms with van der Waals surface area (Å²) in [7, 11) is 0. The molecule has 1 aromatic heterocycles. The second-order valence-electron chi connectivity index (χ2n) is 8.84. The number of carbonyl (C=O) groups excluding carboxylic acids is 1. The van der Waals surface area contributed by atoms with Gasteiger partial charge in [0.1, 0.15) is 15.6 Å². The monoisotopic (exact) mass is 463 g/mol. The van der Waals surface area contributed by atoms with E-state index in [0.717, 1.165) is 29.3 Å². The standard InChI is InChI=1S/C24H31F2N3O2S/c1-17-5-3-12-28(17)13-4-16-31-20-8-6-19(7-9-20)22-27-18(2)21(32-22)23(30)29-14-10-24(25,26)11-15-29/h6-9,17H,3-5,10-16H2,1-2H3/t17-/m1/s1. The first-order valence-corrected chi connectivity index (χ1v) is 12.3. The third kappa shape index (κ3) is 5.46. The van der Waals surface area contributed by atoms with Gasteiger partial charge in [-0.25, -0.2) is 13.8 Å². The fourth-order valence-electron chi connectivity index (χ4n) is 4.38. The van der Waals surface area contributed by atoms with Crippen LogP contribution in [-0.2, 0) is 0 Å². The number of aromatic nitrogens is 1.